The summed E-state index contributed by atoms with van der Waals surface area (Å²) in [4.78, 5) is 11.2. The molecule has 0 aliphatic carbocycles. The van der Waals surface area contributed by atoms with Crippen LogP contribution in [0.5, 0.6) is 5.75 Å². The van der Waals surface area contributed by atoms with Gasteiger partial charge in [-0.05, 0) is 32.0 Å². The van der Waals surface area contributed by atoms with Crippen LogP contribution < -0.4 is 10.1 Å². The summed E-state index contributed by atoms with van der Waals surface area (Å²) in [6.07, 6.45) is 1.16. The van der Waals surface area contributed by atoms with Crippen molar-refractivity contribution in [3.8, 4) is 5.75 Å². The Morgan fingerprint density at radius 2 is 2.26 bits per heavy atom. The number of carboxylic acids is 1. The van der Waals surface area contributed by atoms with E-state index in [9.17, 15) is 14.3 Å². The molecule has 0 aromatic heterocycles. The Bertz CT molecular complexity index is 425. The van der Waals surface area contributed by atoms with Gasteiger partial charge < -0.3 is 15.2 Å². The van der Waals surface area contributed by atoms with Crippen molar-refractivity contribution in [1.29, 1.82) is 0 Å². The zero-order valence-electron chi connectivity index (χ0n) is 11.3. The summed E-state index contributed by atoms with van der Waals surface area (Å²) in [5, 5.41) is 12.2. The van der Waals surface area contributed by atoms with Crippen molar-refractivity contribution in [3.05, 3.63) is 30.1 Å². The fraction of sp³-hybridized carbons (Fsp3) is 0.500. The molecule has 2 N–H and O–H groups in total. The summed E-state index contributed by atoms with van der Waals surface area (Å²) in [6.45, 7) is 4.43. The predicted octanol–water partition coefficient (Wildman–Crippen LogP) is 2.44. The van der Waals surface area contributed by atoms with Crippen LogP contribution in [0.4, 0.5) is 4.39 Å². The molecule has 106 valence electrons. The molecule has 0 spiro atoms. The van der Waals surface area contributed by atoms with Gasteiger partial charge in [-0.3, -0.25) is 4.79 Å². The maximum atomic E-state index is 12.9. The van der Waals surface area contributed by atoms with Crippen molar-refractivity contribution in [3.63, 3.8) is 0 Å². The van der Waals surface area contributed by atoms with Gasteiger partial charge in [0.1, 0.15) is 17.1 Å². The fourth-order valence-corrected chi connectivity index (χ4v) is 1.60. The second kappa shape index (κ2) is 7.09. The second-order valence-electron chi connectivity index (χ2n) is 4.62. The molecule has 0 bridgehead atoms. The molecule has 19 heavy (non-hydrogen) atoms. The number of aliphatic carboxylic acids is 1. The van der Waals surface area contributed by atoms with E-state index >= 15 is 0 Å². The maximum Gasteiger partial charge on any atom is 0.323 e. The Balaban J connectivity index is 2.50. The number of carbonyl (C=O) groups is 1. The third-order valence-corrected chi connectivity index (χ3v) is 2.90. The van der Waals surface area contributed by atoms with Crippen LogP contribution in [0.25, 0.3) is 0 Å². The van der Waals surface area contributed by atoms with E-state index in [0.29, 0.717) is 18.7 Å². The van der Waals surface area contributed by atoms with Crippen LogP contribution in [-0.4, -0.2) is 29.8 Å². The van der Waals surface area contributed by atoms with Crippen LogP contribution in [0.2, 0.25) is 0 Å². The standard InChI is InChI=1S/C14H20FNO3/c1-3-8-16-14(2,13(17)18)7-9-19-12-6-4-5-11(15)10-12/h4-6,10,16H,3,7-9H2,1-2H3,(H,17,18). The lowest BCUT2D eigenvalue weighted by Gasteiger charge is -2.26. The van der Waals surface area contributed by atoms with Gasteiger partial charge >= 0.3 is 5.97 Å². The number of hydrogen-bond acceptors (Lipinski definition) is 3. The summed E-state index contributed by atoms with van der Waals surface area (Å²) in [5.74, 6) is -0.880. The van der Waals surface area contributed by atoms with Crippen molar-refractivity contribution in [2.24, 2.45) is 0 Å². The predicted molar refractivity (Wildman–Crippen MR) is 70.8 cm³/mol. The van der Waals surface area contributed by atoms with E-state index in [-0.39, 0.29) is 12.4 Å². The van der Waals surface area contributed by atoms with E-state index < -0.39 is 11.5 Å². The van der Waals surface area contributed by atoms with E-state index in [1.807, 2.05) is 6.92 Å². The molecule has 1 rings (SSSR count). The first kappa shape index (κ1) is 15.4. The molecule has 1 atom stereocenters. The summed E-state index contributed by atoms with van der Waals surface area (Å²) in [6, 6.07) is 5.80. The van der Waals surface area contributed by atoms with Gasteiger partial charge in [0.05, 0.1) is 6.61 Å². The molecule has 4 nitrogen and oxygen atoms in total. The molecule has 0 amide bonds. The molecule has 0 aliphatic heterocycles. The highest BCUT2D eigenvalue weighted by Crippen LogP contribution is 2.15. The van der Waals surface area contributed by atoms with Gasteiger partial charge in [-0.25, -0.2) is 4.39 Å². The molecular formula is C14H20FNO3. The van der Waals surface area contributed by atoms with E-state index in [4.69, 9.17) is 4.74 Å². The second-order valence-corrected chi connectivity index (χ2v) is 4.62. The van der Waals surface area contributed by atoms with E-state index in [1.54, 1.807) is 19.1 Å². The Morgan fingerprint density at radius 1 is 1.53 bits per heavy atom. The Kier molecular flexibility index (Phi) is 5.76. The van der Waals surface area contributed by atoms with Gasteiger partial charge in [0.25, 0.3) is 0 Å². The van der Waals surface area contributed by atoms with Gasteiger partial charge in [0.15, 0.2) is 0 Å². The molecule has 0 radical (unpaired) electrons. The highest BCUT2D eigenvalue weighted by molar-refractivity contribution is 5.78. The first-order valence-electron chi connectivity index (χ1n) is 6.35. The average molecular weight is 269 g/mol. The largest absolute Gasteiger partial charge is 0.493 e. The molecule has 0 saturated heterocycles. The third-order valence-electron chi connectivity index (χ3n) is 2.90. The quantitative estimate of drug-likeness (QED) is 0.761. The first-order valence-corrected chi connectivity index (χ1v) is 6.35. The summed E-state index contributed by atoms with van der Waals surface area (Å²) in [7, 11) is 0. The van der Waals surface area contributed by atoms with Crippen molar-refractivity contribution >= 4 is 5.97 Å². The third kappa shape index (κ3) is 4.87. The molecule has 1 unspecified atom stereocenters. The number of carboxylic acid groups (broad SMARTS) is 1. The zero-order valence-corrected chi connectivity index (χ0v) is 11.3. The highest BCUT2D eigenvalue weighted by Gasteiger charge is 2.31. The molecule has 1 aromatic rings. The van der Waals surface area contributed by atoms with Crippen LogP contribution in [0, 0.1) is 5.82 Å². The van der Waals surface area contributed by atoms with Gasteiger partial charge in [0.2, 0.25) is 0 Å². The Labute approximate surface area is 112 Å². The SMILES string of the molecule is CCCNC(C)(CCOc1cccc(F)c1)C(=O)O. The van der Waals surface area contributed by atoms with Gasteiger partial charge in [-0.15, -0.1) is 0 Å². The molecule has 1 aromatic carbocycles. The van der Waals surface area contributed by atoms with E-state index in [2.05, 4.69) is 5.32 Å². The summed E-state index contributed by atoms with van der Waals surface area (Å²) < 4.78 is 18.3. The molecule has 5 heteroatoms. The minimum atomic E-state index is -1.02. The Morgan fingerprint density at radius 3 is 2.84 bits per heavy atom. The van der Waals surface area contributed by atoms with Crippen LogP contribution >= 0.6 is 0 Å². The normalized spacial score (nSPS) is 13.8. The van der Waals surface area contributed by atoms with Gasteiger partial charge in [0, 0.05) is 12.5 Å². The first-order chi connectivity index (χ1) is 8.98. The van der Waals surface area contributed by atoms with Crippen molar-refractivity contribution in [2.45, 2.75) is 32.2 Å². The smallest absolute Gasteiger partial charge is 0.323 e. The monoisotopic (exact) mass is 269 g/mol. The molecule has 0 aliphatic rings. The van der Waals surface area contributed by atoms with Crippen LogP contribution in [-0.2, 0) is 4.79 Å². The van der Waals surface area contributed by atoms with Crippen LogP contribution in [0.15, 0.2) is 24.3 Å². The highest BCUT2D eigenvalue weighted by atomic mass is 19.1. The van der Waals surface area contributed by atoms with Crippen molar-refractivity contribution in [1.82, 2.24) is 5.32 Å². The number of halogens is 1. The van der Waals surface area contributed by atoms with E-state index in [0.717, 1.165) is 6.42 Å². The minimum absolute atomic E-state index is 0.211. The molecule has 0 saturated carbocycles. The number of benzene rings is 1. The lowest BCUT2D eigenvalue weighted by molar-refractivity contribution is -0.144. The number of ether oxygens (including phenoxy) is 1. The van der Waals surface area contributed by atoms with Crippen molar-refractivity contribution in [2.75, 3.05) is 13.2 Å². The molecule has 0 heterocycles. The zero-order chi connectivity index (χ0) is 14.3. The average Bonchev–Trinajstić information content (AvgIpc) is 2.36. The summed E-state index contributed by atoms with van der Waals surface area (Å²) >= 11 is 0. The maximum absolute atomic E-state index is 12.9. The van der Waals surface area contributed by atoms with Gasteiger partial charge in [-0.2, -0.15) is 0 Å². The number of rotatable bonds is 8. The lowest BCUT2D eigenvalue weighted by atomic mass is 9.98. The van der Waals surface area contributed by atoms with Crippen molar-refractivity contribution < 1.29 is 19.0 Å². The molecule has 0 fully saturated rings. The topological polar surface area (TPSA) is 58.6 Å². The number of nitrogens with one attached hydrogen (secondary N) is 1. The van der Waals surface area contributed by atoms with Gasteiger partial charge in [-0.1, -0.05) is 13.0 Å². The fourth-order valence-electron chi connectivity index (χ4n) is 1.60. The van der Waals surface area contributed by atoms with Crippen LogP contribution in [0.3, 0.4) is 0 Å². The van der Waals surface area contributed by atoms with Crippen LogP contribution in [0.1, 0.15) is 26.7 Å². The Hall–Kier alpha value is -1.62. The summed E-state index contributed by atoms with van der Waals surface area (Å²) in [5.41, 5.74) is -1.02. The molecular weight excluding hydrogens is 249 g/mol. The van der Waals surface area contributed by atoms with E-state index in [1.165, 1.54) is 12.1 Å². The number of hydrogen-bond donors (Lipinski definition) is 2. The lowest BCUT2D eigenvalue weighted by Crippen LogP contribution is -2.50. The minimum Gasteiger partial charge on any atom is -0.493 e.